The number of hydrogen-bond acceptors (Lipinski definition) is 6. The quantitative estimate of drug-likeness (QED) is 0.325. The minimum absolute atomic E-state index is 0.112. The van der Waals surface area contributed by atoms with E-state index in [4.69, 9.17) is 4.98 Å². The van der Waals surface area contributed by atoms with Crippen molar-refractivity contribution in [1.29, 1.82) is 0 Å². The Bertz CT molecular complexity index is 1200. The molecule has 2 aromatic heterocycles. The molecule has 0 fully saturated rings. The summed E-state index contributed by atoms with van der Waals surface area (Å²) in [5, 5.41) is 11.7. The van der Waals surface area contributed by atoms with E-state index < -0.39 is 4.92 Å². The number of nitrogens with zero attached hydrogens (tertiary/aromatic N) is 5. The number of non-ortho nitro benzene ring substituents is 1. The second-order valence-electron chi connectivity index (χ2n) is 6.84. The molecule has 0 unspecified atom stereocenters. The molecule has 9 heteroatoms. The van der Waals surface area contributed by atoms with Crippen LogP contribution in [0.5, 0.6) is 0 Å². The SMILES string of the molecule is Cc1cccc2sc(N(CCCn3ccnc3)C(=O)c3cccc([N+](=O)[O-])c3)nc12. The predicted molar refractivity (Wildman–Crippen MR) is 116 cm³/mol. The summed E-state index contributed by atoms with van der Waals surface area (Å²) in [4.78, 5) is 34.3. The van der Waals surface area contributed by atoms with Gasteiger partial charge in [0.15, 0.2) is 5.13 Å². The first-order chi connectivity index (χ1) is 14.5. The molecule has 1 amide bonds. The lowest BCUT2D eigenvalue weighted by molar-refractivity contribution is -0.384. The van der Waals surface area contributed by atoms with Crippen LogP contribution in [0.25, 0.3) is 10.2 Å². The molecule has 0 bridgehead atoms. The Balaban J connectivity index is 1.66. The molecule has 4 aromatic rings. The summed E-state index contributed by atoms with van der Waals surface area (Å²) in [6.07, 6.45) is 6.00. The molecule has 4 rings (SSSR count). The van der Waals surface area contributed by atoms with Crippen LogP contribution in [0.1, 0.15) is 22.3 Å². The Kier molecular flexibility index (Phi) is 5.53. The molecule has 2 aromatic carbocycles. The van der Waals surface area contributed by atoms with Crippen molar-refractivity contribution in [2.75, 3.05) is 11.4 Å². The maximum atomic E-state index is 13.3. The van der Waals surface area contributed by atoms with Gasteiger partial charge in [0.1, 0.15) is 0 Å². The van der Waals surface area contributed by atoms with Crippen molar-refractivity contribution in [3.05, 3.63) is 82.4 Å². The zero-order chi connectivity index (χ0) is 21.1. The molecule has 0 aliphatic rings. The molecule has 0 radical (unpaired) electrons. The number of anilines is 1. The van der Waals surface area contributed by atoms with Gasteiger partial charge in [-0.15, -0.1) is 0 Å². The highest BCUT2D eigenvalue weighted by Gasteiger charge is 2.23. The van der Waals surface area contributed by atoms with Crippen LogP contribution in [0.2, 0.25) is 0 Å². The zero-order valence-corrected chi connectivity index (χ0v) is 17.1. The molecular formula is C21H19N5O3S. The molecular weight excluding hydrogens is 402 g/mol. The first kappa shape index (κ1) is 19.7. The summed E-state index contributed by atoms with van der Waals surface area (Å²) >= 11 is 1.44. The monoisotopic (exact) mass is 421 g/mol. The summed E-state index contributed by atoms with van der Waals surface area (Å²) in [6, 6.07) is 11.7. The second kappa shape index (κ2) is 8.42. The van der Waals surface area contributed by atoms with Gasteiger partial charge in [-0.05, 0) is 31.0 Å². The molecule has 2 heterocycles. The number of para-hydroxylation sites is 1. The molecule has 0 aliphatic carbocycles. The number of thiazole rings is 1. The molecule has 8 nitrogen and oxygen atoms in total. The Morgan fingerprint density at radius 3 is 2.83 bits per heavy atom. The molecule has 0 saturated carbocycles. The van der Waals surface area contributed by atoms with Crippen LogP contribution >= 0.6 is 11.3 Å². The zero-order valence-electron chi connectivity index (χ0n) is 16.3. The lowest BCUT2D eigenvalue weighted by Crippen LogP contribution is -2.32. The number of hydrogen-bond donors (Lipinski definition) is 0. The van der Waals surface area contributed by atoms with E-state index in [2.05, 4.69) is 4.98 Å². The lowest BCUT2D eigenvalue weighted by Gasteiger charge is -2.20. The van der Waals surface area contributed by atoms with Crippen LogP contribution in [0.15, 0.2) is 61.2 Å². The van der Waals surface area contributed by atoms with Crippen molar-refractivity contribution < 1.29 is 9.72 Å². The maximum Gasteiger partial charge on any atom is 0.270 e. The summed E-state index contributed by atoms with van der Waals surface area (Å²) in [5.41, 5.74) is 2.06. The van der Waals surface area contributed by atoms with Crippen molar-refractivity contribution in [2.45, 2.75) is 19.9 Å². The van der Waals surface area contributed by atoms with Gasteiger partial charge in [-0.1, -0.05) is 29.5 Å². The third-order valence-electron chi connectivity index (χ3n) is 4.75. The van der Waals surface area contributed by atoms with Gasteiger partial charge in [-0.3, -0.25) is 19.8 Å². The van der Waals surface area contributed by atoms with Crippen LogP contribution in [0.3, 0.4) is 0 Å². The van der Waals surface area contributed by atoms with Crippen LogP contribution in [-0.4, -0.2) is 31.9 Å². The third kappa shape index (κ3) is 4.06. The smallest absolute Gasteiger partial charge is 0.270 e. The molecule has 0 spiro atoms. The van der Waals surface area contributed by atoms with Gasteiger partial charge in [0.2, 0.25) is 0 Å². The summed E-state index contributed by atoms with van der Waals surface area (Å²) in [5.74, 6) is -0.305. The molecule has 0 aliphatic heterocycles. The fourth-order valence-electron chi connectivity index (χ4n) is 3.21. The Morgan fingerprint density at radius 1 is 1.27 bits per heavy atom. The van der Waals surface area contributed by atoms with Gasteiger partial charge in [0, 0.05) is 43.2 Å². The minimum atomic E-state index is -0.499. The fraction of sp³-hybridized carbons (Fsp3) is 0.190. The highest BCUT2D eigenvalue weighted by atomic mass is 32.1. The normalized spacial score (nSPS) is 11.0. The molecule has 30 heavy (non-hydrogen) atoms. The van der Waals surface area contributed by atoms with E-state index in [1.54, 1.807) is 23.5 Å². The van der Waals surface area contributed by atoms with Gasteiger partial charge in [0.25, 0.3) is 11.6 Å². The van der Waals surface area contributed by atoms with Gasteiger partial charge in [0.05, 0.1) is 21.5 Å². The van der Waals surface area contributed by atoms with Crippen molar-refractivity contribution in [3.8, 4) is 0 Å². The average molecular weight is 421 g/mol. The number of amides is 1. The third-order valence-corrected chi connectivity index (χ3v) is 5.79. The maximum absolute atomic E-state index is 13.3. The second-order valence-corrected chi connectivity index (χ2v) is 7.85. The Morgan fingerprint density at radius 2 is 2.10 bits per heavy atom. The van der Waals surface area contributed by atoms with Gasteiger partial charge in [-0.25, -0.2) is 9.97 Å². The summed E-state index contributed by atoms with van der Waals surface area (Å²) < 4.78 is 2.94. The first-order valence-corrected chi connectivity index (χ1v) is 10.2. The molecule has 0 saturated heterocycles. The van der Waals surface area contributed by atoms with E-state index >= 15 is 0 Å². The largest absolute Gasteiger partial charge is 0.337 e. The number of aryl methyl sites for hydroxylation is 2. The van der Waals surface area contributed by atoms with E-state index in [-0.39, 0.29) is 17.2 Å². The number of fused-ring (bicyclic) bond motifs is 1. The molecule has 0 atom stereocenters. The summed E-state index contributed by atoms with van der Waals surface area (Å²) in [7, 11) is 0. The van der Waals surface area contributed by atoms with E-state index in [9.17, 15) is 14.9 Å². The Labute approximate surface area is 176 Å². The van der Waals surface area contributed by atoms with Gasteiger partial charge < -0.3 is 4.57 Å². The van der Waals surface area contributed by atoms with Gasteiger partial charge >= 0.3 is 0 Å². The van der Waals surface area contributed by atoms with Crippen LogP contribution in [0, 0.1) is 17.0 Å². The van der Waals surface area contributed by atoms with Crippen molar-refractivity contribution in [3.63, 3.8) is 0 Å². The highest BCUT2D eigenvalue weighted by molar-refractivity contribution is 7.22. The van der Waals surface area contributed by atoms with E-state index in [0.29, 0.717) is 24.6 Å². The van der Waals surface area contributed by atoms with Crippen molar-refractivity contribution in [1.82, 2.24) is 14.5 Å². The fourth-order valence-corrected chi connectivity index (χ4v) is 4.28. The Hall–Kier alpha value is -3.59. The number of rotatable bonds is 7. The number of nitro benzene ring substituents is 1. The molecule has 152 valence electrons. The topological polar surface area (TPSA) is 94.2 Å². The van der Waals surface area contributed by atoms with E-state index in [1.165, 1.54) is 29.5 Å². The first-order valence-electron chi connectivity index (χ1n) is 9.41. The molecule has 0 N–H and O–H groups in total. The number of carbonyl (C=O) groups excluding carboxylic acids is 1. The average Bonchev–Trinajstić information content (AvgIpc) is 3.41. The standard InChI is InChI=1S/C21H19N5O3S/c1-15-5-2-8-18-19(15)23-21(30-18)25(11-4-10-24-12-9-22-14-24)20(27)16-6-3-7-17(13-16)26(28)29/h2-3,5-9,12-14H,4,10-11H2,1H3. The van der Waals surface area contributed by atoms with Crippen molar-refractivity contribution >= 4 is 38.3 Å². The number of imidazole rings is 1. The van der Waals surface area contributed by atoms with Crippen LogP contribution in [0.4, 0.5) is 10.8 Å². The number of aromatic nitrogens is 3. The van der Waals surface area contributed by atoms with E-state index in [0.717, 1.165) is 15.8 Å². The number of benzene rings is 2. The van der Waals surface area contributed by atoms with Crippen LogP contribution in [-0.2, 0) is 6.54 Å². The summed E-state index contributed by atoms with van der Waals surface area (Å²) in [6.45, 7) is 3.11. The predicted octanol–water partition coefficient (Wildman–Crippen LogP) is 4.45. The number of nitro groups is 1. The number of carbonyl (C=O) groups is 1. The van der Waals surface area contributed by atoms with Crippen LogP contribution < -0.4 is 4.90 Å². The minimum Gasteiger partial charge on any atom is -0.337 e. The highest BCUT2D eigenvalue weighted by Crippen LogP contribution is 2.31. The van der Waals surface area contributed by atoms with Crippen molar-refractivity contribution in [2.24, 2.45) is 0 Å². The van der Waals surface area contributed by atoms with Gasteiger partial charge in [-0.2, -0.15) is 0 Å². The lowest BCUT2D eigenvalue weighted by atomic mass is 10.1. The van der Waals surface area contributed by atoms with E-state index in [1.807, 2.05) is 35.9 Å².